The summed E-state index contributed by atoms with van der Waals surface area (Å²) in [7, 11) is 0. The van der Waals surface area contributed by atoms with Crippen LogP contribution in [0.1, 0.15) is 11.1 Å². The lowest BCUT2D eigenvalue weighted by molar-refractivity contribution is -0.138. The van der Waals surface area contributed by atoms with Crippen LogP contribution in [0.2, 0.25) is 0 Å². The molecule has 0 radical (unpaired) electrons. The largest absolute Gasteiger partial charge is 0.490 e. The van der Waals surface area contributed by atoms with E-state index >= 15 is 0 Å². The van der Waals surface area contributed by atoms with Gasteiger partial charge in [-0.2, -0.15) is 0 Å². The van der Waals surface area contributed by atoms with Crippen molar-refractivity contribution in [1.29, 1.82) is 0 Å². The predicted octanol–water partition coefficient (Wildman–Crippen LogP) is 3.63. The summed E-state index contributed by atoms with van der Waals surface area (Å²) in [4.78, 5) is 11.5. The molecule has 0 bridgehead atoms. The van der Waals surface area contributed by atoms with Gasteiger partial charge in [-0.3, -0.25) is 0 Å². The van der Waals surface area contributed by atoms with Crippen LogP contribution in [0.15, 0.2) is 60.7 Å². The Morgan fingerprint density at radius 3 is 2.43 bits per heavy atom. The summed E-state index contributed by atoms with van der Waals surface area (Å²) in [6.07, 6.45) is 3.16. The molecule has 3 heteroatoms. The third-order valence-electron chi connectivity index (χ3n) is 2.83. The van der Waals surface area contributed by atoms with Crippen LogP contribution in [-0.4, -0.2) is 19.2 Å². The standard InChI is InChI=1S/C18H18O3/c1-15-7-9-16(10-8-15)11-12-18(19)21-14-13-20-17-5-3-2-4-6-17/h2-12H,13-14H2,1H3/b12-11-. The van der Waals surface area contributed by atoms with Gasteiger partial charge in [0, 0.05) is 6.08 Å². The molecular weight excluding hydrogens is 264 g/mol. The van der Waals surface area contributed by atoms with Gasteiger partial charge in [0.1, 0.15) is 19.0 Å². The van der Waals surface area contributed by atoms with E-state index in [1.807, 2.05) is 61.5 Å². The number of hydrogen-bond donors (Lipinski definition) is 0. The van der Waals surface area contributed by atoms with E-state index in [1.54, 1.807) is 6.08 Å². The van der Waals surface area contributed by atoms with E-state index in [9.17, 15) is 4.79 Å². The van der Waals surface area contributed by atoms with E-state index in [1.165, 1.54) is 11.6 Å². The Labute approximate surface area is 124 Å². The number of carbonyl (C=O) groups excluding carboxylic acids is 1. The first kappa shape index (κ1) is 14.9. The molecule has 0 N–H and O–H groups in total. The van der Waals surface area contributed by atoms with Crippen LogP contribution < -0.4 is 4.74 Å². The summed E-state index contributed by atoms with van der Waals surface area (Å²) in [5.41, 5.74) is 2.16. The zero-order valence-electron chi connectivity index (χ0n) is 12.0. The summed E-state index contributed by atoms with van der Waals surface area (Å²) >= 11 is 0. The highest BCUT2D eigenvalue weighted by Gasteiger charge is 1.98. The maximum atomic E-state index is 11.5. The molecule has 0 saturated heterocycles. The van der Waals surface area contributed by atoms with E-state index in [0.717, 1.165) is 11.3 Å². The van der Waals surface area contributed by atoms with E-state index in [4.69, 9.17) is 9.47 Å². The Balaban J connectivity index is 1.69. The fourth-order valence-corrected chi connectivity index (χ4v) is 1.71. The van der Waals surface area contributed by atoms with E-state index in [0.29, 0.717) is 6.61 Å². The third-order valence-corrected chi connectivity index (χ3v) is 2.83. The summed E-state index contributed by atoms with van der Waals surface area (Å²) in [6.45, 7) is 2.59. The maximum absolute atomic E-state index is 11.5. The van der Waals surface area contributed by atoms with Gasteiger partial charge in [-0.1, -0.05) is 48.0 Å². The van der Waals surface area contributed by atoms with Gasteiger partial charge >= 0.3 is 5.97 Å². The van der Waals surface area contributed by atoms with Gasteiger partial charge in [0.15, 0.2) is 0 Å². The number of ether oxygens (including phenoxy) is 2. The van der Waals surface area contributed by atoms with Crippen LogP contribution >= 0.6 is 0 Å². The molecule has 0 aliphatic carbocycles. The molecule has 3 nitrogen and oxygen atoms in total. The molecule has 108 valence electrons. The number of aryl methyl sites for hydroxylation is 1. The predicted molar refractivity (Wildman–Crippen MR) is 83.1 cm³/mol. The molecule has 0 aliphatic rings. The summed E-state index contributed by atoms with van der Waals surface area (Å²) in [5.74, 6) is 0.399. The van der Waals surface area contributed by atoms with E-state index in [-0.39, 0.29) is 12.6 Å². The Morgan fingerprint density at radius 2 is 1.71 bits per heavy atom. The topological polar surface area (TPSA) is 35.5 Å². The highest BCUT2D eigenvalue weighted by molar-refractivity contribution is 5.87. The summed E-state index contributed by atoms with van der Waals surface area (Å²) in [5, 5.41) is 0. The first-order valence-corrected chi connectivity index (χ1v) is 6.83. The van der Waals surface area contributed by atoms with Crippen molar-refractivity contribution in [2.45, 2.75) is 6.92 Å². The van der Waals surface area contributed by atoms with E-state index < -0.39 is 0 Å². The number of esters is 1. The molecule has 0 fully saturated rings. The number of hydrogen-bond acceptors (Lipinski definition) is 3. The lowest BCUT2D eigenvalue weighted by Gasteiger charge is -2.05. The third kappa shape index (κ3) is 5.53. The van der Waals surface area contributed by atoms with Crippen molar-refractivity contribution >= 4 is 12.0 Å². The second kappa shape index (κ2) is 7.90. The lowest BCUT2D eigenvalue weighted by atomic mass is 10.1. The molecule has 0 unspecified atom stereocenters. The SMILES string of the molecule is Cc1ccc(/C=C\C(=O)OCCOc2ccccc2)cc1. The average Bonchev–Trinajstić information content (AvgIpc) is 2.52. The van der Waals surface area contributed by atoms with Gasteiger partial charge in [0.2, 0.25) is 0 Å². The van der Waals surface area contributed by atoms with Crippen LogP contribution in [0.25, 0.3) is 6.08 Å². The van der Waals surface area contributed by atoms with Gasteiger partial charge in [0.05, 0.1) is 0 Å². The minimum absolute atomic E-state index is 0.228. The fraction of sp³-hybridized carbons (Fsp3) is 0.167. The van der Waals surface area contributed by atoms with Crippen molar-refractivity contribution in [1.82, 2.24) is 0 Å². The molecule has 0 heterocycles. The zero-order chi connectivity index (χ0) is 14.9. The summed E-state index contributed by atoms with van der Waals surface area (Å²) in [6, 6.07) is 17.3. The smallest absolute Gasteiger partial charge is 0.330 e. The maximum Gasteiger partial charge on any atom is 0.330 e. The van der Waals surface area contributed by atoms with Crippen LogP contribution in [0, 0.1) is 6.92 Å². The minimum Gasteiger partial charge on any atom is -0.490 e. The normalized spacial score (nSPS) is 10.5. The highest BCUT2D eigenvalue weighted by Crippen LogP contribution is 2.08. The van der Waals surface area contributed by atoms with Crippen molar-refractivity contribution in [2.75, 3.05) is 13.2 Å². The molecule has 2 rings (SSSR count). The van der Waals surface area contributed by atoms with Crippen molar-refractivity contribution in [3.05, 3.63) is 71.8 Å². The highest BCUT2D eigenvalue weighted by atomic mass is 16.6. The van der Waals surface area contributed by atoms with Crippen LogP contribution in [0.5, 0.6) is 5.75 Å². The zero-order valence-corrected chi connectivity index (χ0v) is 12.0. The number of para-hydroxylation sites is 1. The molecule has 0 aliphatic heterocycles. The van der Waals surface area contributed by atoms with Gasteiger partial charge < -0.3 is 9.47 Å². The summed E-state index contributed by atoms with van der Waals surface area (Å²) < 4.78 is 10.5. The van der Waals surface area contributed by atoms with E-state index in [2.05, 4.69) is 0 Å². The van der Waals surface area contributed by atoms with Gasteiger partial charge in [-0.15, -0.1) is 0 Å². The molecule has 0 amide bonds. The molecule has 0 spiro atoms. The molecular formula is C18H18O3. The Hall–Kier alpha value is -2.55. The second-order valence-corrected chi connectivity index (χ2v) is 4.57. The molecule has 0 aromatic heterocycles. The molecule has 0 saturated carbocycles. The van der Waals surface area contributed by atoms with Crippen molar-refractivity contribution in [2.24, 2.45) is 0 Å². The average molecular weight is 282 g/mol. The van der Waals surface area contributed by atoms with Gasteiger partial charge in [-0.25, -0.2) is 4.79 Å². The molecule has 0 atom stereocenters. The van der Waals surface area contributed by atoms with Crippen molar-refractivity contribution in [3.8, 4) is 5.75 Å². The first-order valence-electron chi connectivity index (χ1n) is 6.83. The van der Waals surface area contributed by atoms with Gasteiger partial charge in [-0.05, 0) is 30.7 Å². The quantitative estimate of drug-likeness (QED) is 0.461. The Kier molecular flexibility index (Phi) is 5.59. The van der Waals surface area contributed by atoms with Crippen LogP contribution in [-0.2, 0) is 9.53 Å². The second-order valence-electron chi connectivity index (χ2n) is 4.57. The van der Waals surface area contributed by atoms with Crippen LogP contribution in [0.3, 0.4) is 0 Å². The Bertz CT molecular complexity index is 586. The lowest BCUT2D eigenvalue weighted by Crippen LogP contribution is -2.10. The molecule has 21 heavy (non-hydrogen) atoms. The first-order chi connectivity index (χ1) is 10.2. The van der Waals surface area contributed by atoms with Crippen molar-refractivity contribution < 1.29 is 14.3 Å². The molecule has 2 aromatic carbocycles. The number of benzene rings is 2. The minimum atomic E-state index is -0.368. The van der Waals surface area contributed by atoms with Crippen LogP contribution in [0.4, 0.5) is 0 Å². The Morgan fingerprint density at radius 1 is 1.00 bits per heavy atom. The molecule has 2 aromatic rings. The fourth-order valence-electron chi connectivity index (χ4n) is 1.71. The number of rotatable bonds is 6. The van der Waals surface area contributed by atoms with Crippen molar-refractivity contribution in [3.63, 3.8) is 0 Å². The number of carbonyl (C=O) groups is 1. The monoisotopic (exact) mass is 282 g/mol. The van der Waals surface area contributed by atoms with Gasteiger partial charge in [0.25, 0.3) is 0 Å².